The summed E-state index contributed by atoms with van der Waals surface area (Å²) >= 11 is 0. The molecule has 0 bridgehead atoms. The molecule has 100 valence electrons. The summed E-state index contributed by atoms with van der Waals surface area (Å²) in [7, 11) is 4.39. The van der Waals surface area contributed by atoms with Crippen molar-refractivity contribution >= 4 is 0 Å². The van der Waals surface area contributed by atoms with Crippen LogP contribution in [0, 0.1) is 0 Å². The molecule has 1 saturated heterocycles. The number of likely N-dealkylation sites (N-methyl/N-ethyl adjacent to an activating group) is 2. The Kier molecular flexibility index (Phi) is 5.11. The first-order valence-corrected chi connectivity index (χ1v) is 6.74. The standard InChI is InChI=1S/C14H24N4/c1-17(9-6-13-5-3-4-7-15-13)11-14-12-18(2)10-8-16-14/h3-5,7,14,16H,6,8-12H2,1-2H3. The quantitative estimate of drug-likeness (QED) is 0.820. The number of aromatic nitrogens is 1. The number of piperazine rings is 1. The molecule has 0 radical (unpaired) electrons. The van der Waals surface area contributed by atoms with E-state index in [1.165, 1.54) is 5.69 Å². The lowest BCUT2D eigenvalue weighted by atomic mass is 10.2. The van der Waals surface area contributed by atoms with Crippen LogP contribution in [0.3, 0.4) is 0 Å². The third-order valence-corrected chi connectivity index (χ3v) is 3.47. The molecule has 1 unspecified atom stereocenters. The van der Waals surface area contributed by atoms with Crippen LogP contribution in [0.15, 0.2) is 24.4 Å². The lowest BCUT2D eigenvalue weighted by molar-refractivity contribution is 0.196. The van der Waals surface area contributed by atoms with Crippen molar-refractivity contribution in [2.45, 2.75) is 12.5 Å². The number of nitrogens with zero attached hydrogens (tertiary/aromatic N) is 3. The lowest BCUT2D eigenvalue weighted by Gasteiger charge is -2.33. The zero-order chi connectivity index (χ0) is 12.8. The van der Waals surface area contributed by atoms with Crippen molar-refractivity contribution in [2.75, 3.05) is 46.8 Å². The lowest BCUT2D eigenvalue weighted by Crippen LogP contribution is -2.53. The maximum absolute atomic E-state index is 4.36. The van der Waals surface area contributed by atoms with Crippen LogP contribution in [0.5, 0.6) is 0 Å². The van der Waals surface area contributed by atoms with E-state index in [1.807, 2.05) is 12.3 Å². The Hall–Kier alpha value is -0.970. The van der Waals surface area contributed by atoms with Gasteiger partial charge in [0.25, 0.3) is 0 Å². The first-order chi connectivity index (χ1) is 8.74. The van der Waals surface area contributed by atoms with Crippen molar-refractivity contribution in [1.82, 2.24) is 20.1 Å². The van der Waals surface area contributed by atoms with Gasteiger partial charge in [-0.15, -0.1) is 0 Å². The van der Waals surface area contributed by atoms with Crippen LogP contribution in [-0.2, 0) is 6.42 Å². The van der Waals surface area contributed by atoms with Crippen LogP contribution in [0.2, 0.25) is 0 Å². The molecule has 1 aromatic heterocycles. The molecule has 4 nitrogen and oxygen atoms in total. The molecule has 1 aliphatic rings. The average Bonchev–Trinajstić information content (AvgIpc) is 2.38. The van der Waals surface area contributed by atoms with Crippen molar-refractivity contribution in [3.63, 3.8) is 0 Å². The predicted octanol–water partition coefficient (Wildman–Crippen LogP) is 0.460. The van der Waals surface area contributed by atoms with Gasteiger partial charge in [0, 0.05) is 57.1 Å². The minimum atomic E-state index is 0.595. The molecule has 0 aliphatic carbocycles. The van der Waals surface area contributed by atoms with Gasteiger partial charge in [-0.05, 0) is 26.2 Å². The second kappa shape index (κ2) is 6.83. The van der Waals surface area contributed by atoms with E-state index in [0.717, 1.165) is 39.1 Å². The second-order valence-corrected chi connectivity index (χ2v) is 5.25. The topological polar surface area (TPSA) is 31.4 Å². The molecule has 1 aliphatic heterocycles. The molecular formula is C14H24N4. The minimum Gasteiger partial charge on any atom is -0.310 e. The first-order valence-electron chi connectivity index (χ1n) is 6.74. The fourth-order valence-corrected chi connectivity index (χ4v) is 2.43. The Balaban J connectivity index is 1.70. The molecule has 0 aromatic carbocycles. The second-order valence-electron chi connectivity index (χ2n) is 5.25. The minimum absolute atomic E-state index is 0.595. The number of rotatable bonds is 5. The van der Waals surface area contributed by atoms with Gasteiger partial charge in [0.1, 0.15) is 0 Å². The summed E-state index contributed by atoms with van der Waals surface area (Å²) in [5.41, 5.74) is 1.18. The maximum atomic E-state index is 4.36. The van der Waals surface area contributed by atoms with Gasteiger partial charge in [0.05, 0.1) is 0 Å². The third-order valence-electron chi connectivity index (χ3n) is 3.47. The fourth-order valence-electron chi connectivity index (χ4n) is 2.43. The number of pyridine rings is 1. The van der Waals surface area contributed by atoms with Crippen molar-refractivity contribution in [2.24, 2.45) is 0 Å². The van der Waals surface area contributed by atoms with Crippen molar-refractivity contribution in [1.29, 1.82) is 0 Å². The molecule has 0 amide bonds. The SMILES string of the molecule is CN1CCNC(CN(C)CCc2ccccn2)C1. The van der Waals surface area contributed by atoms with Gasteiger partial charge in [-0.3, -0.25) is 4.98 Å². The van der Waals surface area contributed by atoms with Gasteiger partial charge >= 0.3 is 0 Å². The highest BCUT2D eigenvalue weighted by Gasteiger charge is 2.17. The smallest absolute Gasteiger partial charge is 0.0416 e. The van der Waals surface area contributed by atoms with E-state index in [1.54, 1.807) is 0 Å². The molecule has 2 rings (SSSR count). The summed E-state index contributed by atoms with van der Waals surface area (Å²) in [6.45, 7) is 5.59. The van der Waals surface area contributed by atoms with Gasteiger partial charge < -0.3 is 15.1 Å². The van der Waals surface area contributed by atoms with Crippen molar-refractivity contribution in [3.05, 3.63) is 30.1 Å². The van der Waals surface area contributed by atoms with Crippen LogP contribution < -0.4 is 5.32 Å². The Bertz CT molecular complexity index is 341. The summed E-state index contributed by atoms with van der Waals surface area (Å²) < 4.78 is 0. The highest BCUT2D eigenvalue weighted by molar-refractivity contribution is 5.03. The normalized spacial score (nSPS) is 21.4. The number of hydrogen-bond donors (Lipinski definition) is 1. The van der Waals surface area contributed by atoms with E-state index in [2.05, 4.69) is 46.3 Å². The van der Waals surface area contributed by atoms with Crippen LogP contribution >= 0.6 is 0 Å². The summed E-state index contributed by atoms with van der Waals surface area (Å²) in [6.07, 6.45) is 2.90. The van der Waals surface area contributed by atoms with E-state index < -0.39 is 0 Å². The molecule has 2 heterocycles. The maximum Gasteiger partial charge on any atom is 0.0416 e. The van der Waals surface area contributed by atoms with E-state index >= 15 is 0 Å². The van der Waals surface area contributed by atoms with E-state index in [-0.39, 0.29) is 0 Å². The molecule has 0 saturated carbocycles. The van der Waals surface area contributed by atoms with Gasteiger partial charge in [0.15, 0.2) is 0 Å². The molecular weight excluding hydrogens is 224 g/mol. The number of nitrogens with one attached hydrogen (secondary N) is 1. The zero-order valence-electron chi connectivity index (χ0n) is 11.5. The van der Waals surface area contributed by atoms with Crippen LogP contribution in [0.1, 0.15) is 5.69 Å². The summed E-state index contributed by atoms with van der Waals surface area (Å²) in [4.78, 5) is 9.15. The average molecular weight is 248 g/mol. The molecule has 1 aromatic rings. The summed E-state index contributed by atoms with van der Waals surface area (Å²) in [6, 6.07) is 6.72. The van der Waals surface area contributed by atoms with E-state index in [9.17, 15) is 0 Å². The predicted molar refractivity (Wildman–Crippen MR) is 74.7 cm³/mol. The van der Waals surface area contributed by atoms with Crippen molar-refractivity contribution in [3.8, 4) is 0 Å². The van der Waals surface area contributed by atoms with Crippen LogP contribution in [0.4, 0.5) is 0 Å². The Morgan fingerprint density at radius 3 is 3.11 bits per heavy atom. The molecule has 1 N–H and O–H groups in total. The molecule has 4 heteroatoms. The monoisotopic (exact) mass is 248 g/mol. The van der Waals surface area contributed by atoms with Gasteiger partial charge in [0.2, 0.25) is 0 Å². The molecule has 1 atom stereocenters. The highest BCUT2D eigenvalue weighted by Crippen LogP contribution is 2.00. The molecule has 1 fully saturated rings. The molecule has 0 spiro atoms. The fraction of sp³-hybridized carbons (Fsp3) is 0.643. The Labute approximate surface area is 110 Å². The first kappa shape index (κ1) is 13.5. The summed E-state index contributed by atoms with van der Waals surface area (Å²) in [5, 5.41) is 3.58. The van der Waals surface area contributed by atoms with Crippen LogP contribution in [0.25, 0.3) is 0 Å². The van der Waals surface area contributed by atoms with Crippen LogP contribution in [-0.4, -0.2) is 67.6 Å². The van der Waals surface area contributed by atoms with E-state index in [4.69, 9.17) is 0 Å². The Morgan fingerprint density at radius 2 is 2.39 bits per heavy atom. The number of hydrogen-bond acceptors (Lipinski definition) is 4. The third kappa shape index (κ3) is 4.37. The zero-order valence-corrected chi connectivity index (χ0v) is 11.5. The van der Waals surface area contributed by atoms with E-state index in [0.29, 0.717) is 6.04 Å². The van der Waals surface area contributed by atoms with Gasteiger partial charge in [-0.1, -0.05) is 6.07 Å². The molecule has 18 heavy (non-hydrogen) atoms. The van der Waals surface area contributed by atoms with Gasteiger partial charge in [-0.25, -0.2) is 0 Å². The van der Waals surface area contributed by atoms with Crippen molar-refractivity contribution < 1.29 is 0 Å². The highest BCUT2D eigenvalue weighted by atomic mass is 15.2. The Morgan fingerprint density at radius 1 is 1.50 bits per heavy atom. The van der Waals surface area contributed by atoms with Gasteiger partial charge in [-0.2, -0.15) is 0 Å². The summed E-state index contributed by atoms with van der Waals surface area (Å²) in [5.74, 6) is 0. The largest absolute Gasteiger partial charge is 0.310 e.